The minimum Gasteiger partial charge on any atom is -0.389 e. The number of hydrogen-bond donors (Lipinski definition) is 4. The van der Waals surface area contributed by atoms with E-state index in [-0.39, 0.29) is 18.6 Å². The zero-order chi connectivity index (χ0) is 25.9. The summed E-state index contributed by atoms with van der Waals surface area (Å²) >= 11 is 0. The van der Waals surface area contributed by atoms with Crippen molar-refractivity contribution in [2.75, 3.05) is 11.9 Å². The number of anilines is 1. The topological polar surface area (TPSA) is 124 Å². The van der Waals surface area contributed by atoms with Gasteiger partial charge in [-0.25, -0.2) is 9.18 Å². The second kappa shape index (κ2) is 10.6. The van der Waals surface area contributed by atoms with Gasteiger partial charge >= 0.3 is 17.8 Å². The maximum atomic E-state index is 13.4. The summed E-state index contributed by atoms with van der Waals surface area (Å²) in [6, 6.07) is 8.83. The van der Waals surface area contributed by atoms with Crippen LogP contribution in [-0.2, 0) is 22.7 Å². The lowest BCUT2D eigenvalue weighted by molar-refractivity contribution is -0.140. The summed E-state index contributed by atoms with van der Waals surface area (Å²) in [5.41, 5.74) is 2.20. The summed E-state index contributed by atoms with van der Waals surface area (Å²) in [7, 11) is 0. The van der Waals surface area contributed by atoms with Crippen LogP contribution in [0.25, 0.3) is 0 Å². The van der Waals surface area contributed by atoms with E-state index in [1.165, 1.54) is 6.07 Å². The van der Waals surface area contributed by atoms with E-state index in [2.05, 4.69) is 20.9 Å². The van der Waals surface area contributed by atoms with Gasteiger partial charge in [0.15, 0.2) is 0 Å². The molecule has 2 aliphatic rings. The van der Waals surface area contributed by atoms with Crippen LogP contribution in [0.5, 0.6) is 0 Å². The van der Waals surface area contributed by atoms with Gasteiger partial charge in [0.1, 0.15) is 5.82 Å². The van der Waals surface area contributed by atoms with E-state index in [0.717, 1.165) is 43.0 Å². The first-order chi connectivity index (χ1) is 17.1. The molecule has 1 aliphatic carbocycles. The Balaban J connectivity index is 1.22. The summed E-state index contributed by atoms with van der Waals surface area (Å²) < 4.78 is 13.4. The van der Waals surface area contributed by atoms with Gasteiger partial charge in [-0.3, -0.25) is 14.6 Å². The standard InChI is InChI=1S/C26H32FN5O4/c1-26(2,36)15-29-23(33)24(34)30-20-7-3-16(4-8-20)17-5-9-21(10-6-17)31-25(35)32-13-18-11-19(27)12-28-22(18)14-32/h5-6,9-12,16,20,36H,3-4,7-8,13-15H2,1-2H3,(H,29,33)(H,30,34)(H,31,35). The van der Waals surface area contributed by atoms with E-state index >= 15 is 0 Å². The van der Waals surface area contributed by atoms with Crippen LogP contribution in [0.1, 0.15) is 62.3 Å². The normalized spacial score (nSPS) is 19.4. The molecule has 2 aromatic rings. The van der Waals surface area contributed by atoms with Crippen molar-refractivity contribution < 1.29 is 23.9 Å². The Bertz CT molecular complexity index is 1120. The van der Waals surface area contributed by atoms with Crippen molar-refractivity contribution in [1.82, 2.24) is 20.5 Å². The third-order valence-corrected chi connectivity index (χ3v) is 6.60. The first kappa shape index (κ1) is 25.6. The Labute approximate surface area is 209 Å². The molecule has 192 valence electrons. The fourth-order valence-electron chi connectivity index (χ4n) is 4.61. The second-order valence-electron chi connectivity index (χ2n) is 10.2. The van der Waals surface area contributed by atoms with Crippen molar-refractivity contribution >= 4 is 23.5 Å². The third kappa shape index (κ3) is 6.57. The highest BCUT2D eigenvalue weighted by atomic mass is 19.1. The lowest BCUT2D eigenvalue weighted by atomic mass is 9.81. The number of fused-ring (bicyclic) bond motifs is 1. The predicted octanol–water partition coefficient (Wildman–Crippen LogP) is 2.80. The van der Waals surface area contributed by atoms with E-state index in [4.69, 9.17) is 0 Å². The average molecular weight is 498 g/mol. The quantitative estimate of drug-likeness (QED) is 0.473. The minimum atomic E-state index is -1.08. The molecule has 9 nitrogen and oxygen atoms in total. The largest absolute Gasteiger partial charge is 0.389 e. The molecule has 0 spiro atoms. The zero-order valence-corrected chi connectivity index (χ0v) is 20.5. The number of pyridine rings is 1. The number of carbonyl (C=O) groups is 3. The molecule has 36 heavy (non-hydrogen) atoms. The number of benzene rings is 1. The Morgan fingerprint density at radius 3 is 2.44 bits per heavy atom. The highest BCUT2D eigenvalue weighted by molar-refractivity contribution is 6.35. The molecular weight excluding hydrogens is 465 g/mol. The van der Waals surface area contributed by atoms with Crippen LogP contribution in [0, 0.1) is 5.82 Å². The summed E-state index contributed by atoms with van der Waals surface area (Å²) in [6.45, 7) is 3.79. The van der Waals surface area contributed by atoms with Crippen LogP contribution < -0.4 is 16.0 Å². The maximum Gasteiger partial charge on any atom is 0.322 e. The van der Waals surface area contributed by atoms with Gasteiger partial charge in [0, 0.05) is 24.8 Å². The Morgan fingerprint density at radius 2 is 1.78 bits per heavy atom. The molecule has 4 amide bonds. The smallest absolute Gasteiger partial charge is 0.322 e. The molecule has 1 fully saturated rings. The molecule has 1 aromatic carbocycles. The van der Waals surface area contributed by atoms with Crippen molar-refractivity contribution in [3.63, 3.8) is 0 Å². The molecule has 0 bridgehead atoms. The van der Waals surface area contributed by atoms with Crippen molar-refractivity contribution in [3.8, 4) is 0 Å². The number of aliphatic hydroxyl groups is 1. The fraction of sp³-hybridized carbons (Fsp3) is 0.462. The monoisotopic (exact) mass is 497 g/mol. The van der Waals surface area contributed by atoms with Gasteiger partial charge in [0.2, 0.25) is 0 Å². The predicted molar refractivity (Wildman–Crippen MR) is 131 cm³/mol. The molecule has 4 N–H and O–H groups in total. The van der Waals surface area contributed by atoms with Crippen LogP contribution in [0.2, 0.25) is 0 Å². The van der Waals surface area contributed by atoms with Gasteiger partial charge in [-0.15, -0.1) is 0 Å². The number of hydrogen-bond acceptors (Lipinski definition) is 5. The molecule has 4 rings (SSSR count). The molecule has 10 heteroatoms. The summed E-state index contributed by atoms with van der Waals surface area (Å²) in [4.78, 5) is 42.3. The molecule has 1 aromatic heterocycles. The second-order valence-corrected chi connectivity index (χ2v) is 10.2. The molecular formula is C26H32FN5O4. The van der Waals surface area contributed by atoms with Gasteiger partial charge in [0.05, 0.1) is 24.0 Å². The van der Waals surface area contributed by atoms with Gasteiger partial charge in [0.25, 0.3) is 0 Å². The first-order valence-corrected chi connectivity index (χ1v) is 12.2. The van der Waals surface area contributed by atoms with Crippen LogP contribution in [-0.4, -0.2) is 51.0 Å². The van der Waals surface area contributed by atoms with Gasteiger partial charge in [-0.1, -0.05) is 12.1 Å². The Hall–Kier alpha value is -3.53. The molecule has 0 radical (unpaired) electrons. The number of nitrogens with zero attached hydrogens (tertiary/aromatic N) is 2. The molecule has 1 aliphatic heterocycles. The van der Waals surface area contributed by atoms with Crippen molar-refractivity contribution in [3.05, 3.63) is 59.2 Å². The van der Waals surface area contributed by atoms with Crippen LogP contribution >= 0.6 is 0 Å². The Morgan fingerprint density at radius 1 is 1.08 bits per heavy atom. The zero-order valence-electron chi connectivity index (χ0n) is 20.5. The van der Waals surface area contributed by atoms with E-state index in [1.54, 1.807) is 18.7 Å². The van der Waals surface area contributed by atoms with Crippen LogP contribution in [0.4, 0.5) is 14.9 Å². The van der Waals surface area contributed by atoms with E-state index in [0.29, 0.717) is 30.4 Å². The fourth-order valence-corrected chi connectivity index (χ4v) is 4.61. The lowest BCUT2D eigenvalue weighted by Crippen LogP contribution is -2.48. The van der Waals surface area contributed by atoms with Crippen molar-refractivity contribution in [2.24, 2.45) is 0 Å². The van der Waals surface area contributed by atoms with Gasteiger partial charge < -0.3 is 26.0 Å². The number of halogens is 1. The molecule has 1 saturated carbocycles. The summed E-state index contributed by atoms with van der Waals surface area (Å²) in [6.07, 6.45) is 4.43. The number of aromatic nitrogens is 1. The van der Waals surface area contributed by atoms with Crippen LogP contribution in [0.15, 0.2) is 36.5 Å². The number of urea groups is 1. The molecule has 0 unspecified atom stereocenters. The van der Waals surface area contributed by atoms with Crippen LogP contribution in [0.3, 0.4) is 0 Å². The highest BCUT2D eigenvalue weighted by Crippen LogP contribution is 2.33. The number of carbonyl (C=O) groups excluding carboxylic acids is 3. The van der Waals surface area contributed by atoms with Crippen molar-refractivity contribution in [1.29, 1.82) is 0 Å². The summed E-state index contributed by atoms with van der Waals surface area (Å²) in [5, 5.41) is 17.8. The number of rotatable bonds is 5. The molecule has 0 saturated heterocycles. The minimum absolute atomic E-state index is 0.00527. The first-order valence-electron chi connectivity index (χ1n) is 12.2. The van der Waals surface area contributed by atoms with Gasteiger partial charge in [-0.2, -0.15) is 0 Å². The van der Waals surface area contributed by atoms with Gasteiger partial charge in [-0.05, 0) is 74.8 Å². The SMILES string of the molecule is CC(C)(O)CNC(=O)C(=O)NC1CCC(c2ccc(NC(=O)N3Cc4cc(F)cnc4C3)cc2)CC1. The molecule has 2 heterocycles. The number of amides is 4. The van der Waals surface area contributed by atoms with E-state index < -0.39 is 23.2 Å². The van der Waals surface area contributed by atoms with Crippen molar-refractivity contribution in [2.45, 2.75) is 70.2 Å². The lowest BCUT2D eigenvalue weighted by Gasteiger charge is -2.29. The molecule has 0 atom stereocenters. The van der Waals surface area contributed by atoms with E-state index in [9.17, 15) is 23.9 Å². The maximum absolute atomic E-state index is 13.4. The number of nitrogens with one attached hydrogen (secondary N) is 3. The average Bonchev–Trinajstić information content (AvgIpc) is 3.26. The Kier molecular flexibility index (Phi) is 7.53. The van der Waals surface area contributed by atoms with E-state index in [1.807, 2.05) is 24.3 Å². The highest BCUT2D eigenvalue weighted by Gasteiger charge is 2.27. The summed E-state index contributed by atoms with van der Waals surface area (Å²) in [5.74, 6) is -1.49. The third-order valence-electron chi connectivity index (χ3n) is 6.60.